The van der Waals surface area contributed by atoms with Crippen molar-refractivity contribution in [2.24, 2.45) is 11.8 Å². The van der Waals surface area contributed by atoms with Gasteiger partial charge in [0.05, 0.1) is 0 Å². The Hall–Kier alpha value is -2.86. The van der Waals surface area contributed by atoms with Gasteiger partial charge in [-0.15, -0.1) is 0 Å². The minimum Gasteiger partial charge on any atom is -0.377 e. The van der Waals surface area contributed by atoms with E-state index in [0.29, 0.717) is 6.42 Å². The Bertz CT molecular complexity index is 1000. The molecule has 2 N–H and O–H groups in total. The van der Waals surface area contributed by atoms with Crippen LogP contribution >= 0.6 is 0 Å². The van der Waals surface area contributed by atoms with E-state index in [4.69, 9.17) is 0 Å². The third-order valence-electron chi connectivity index (χ3n) is 6.08. The molecule has 4 atom stereocenters. The smallest absolute Gasteiger partial charge is 0.132 e. The molecule has 3 aromatic rings. The minimum absolute atomic E-state index is 0.0141. The quantitative estimate of drug-likeness (QED) is 0.573. The molecule has 4 rings (SSSR count). The molecule has 2 nitrogen and oxygen atoms in total. The van der Waals surface area contributed by atoms with Crippen LogP contribution in [0.2, 0.25) is 0 Å². The molecule has 1 saturated heterocycles. The Morgan fingerprint density at radius 2 is 1.37 bits per heavy atom. The molecule has 30 heavy (non-hydrogen) atoms. The molecule has 1 heterocycles. The van der Waals surface area contributed by atoms with Gasteiger partial charge in [0, 0.05) is 30.0 Å². The molecule has 152 valence electrons. The Kier molecular flexibility index (Phi) is 6.04. The average molecular weight is 396 g/mol. The summed E-state index contributed by atoms with van der Waals surface area (Å²) < 4.78 is 0. The molecule has 0 bridgehead atoms. The first-order valence-corrected chi connectivity index (χ1v) is 10.7. The van der Waals surface area contributed by atoms with Crippen molar-refractivity contribution in [1.82, 2.24) is 5.32 Å². The fraction of sp³-hybridized carbons (Fsp3) is 0.286. The van der Waals surface area contributed by atoms with Gasteiger partial charge >= 0.3 is 0 Å². The van der Waals surface area contributed by atoms with E-state index in [-0.39, 0.29) is 23.9 Å². The average Bonchev–Trinajstić information content (AvgIpc) is 2.79. The first kappa shape index (κ1) is 20.4. The number of nitrogens with one attached hydrogen (secondary N) is 1. The van der Waals surface area contributed by atoms with Crippen LogP contribution in [0.25, 0.3) is 0 Å². The summed E-state index contributed by atoms with van der Waals surface area (Å²) in [4.78, 5) is 0. The maximum Gasteiger partial charge on any atom is 0.132 e. The summed E-state index contributed by atoms with van der Waals surface area (Å²) in [6.07, 6.45) is 0.559. The molecule has 2 heteroatoms. The van der Waals surface area contributed by atoms with Crippen molar-refractivity contribution in [3.05, 3.63) is 108 Å². The summed E-state index contributed by atoms with van der Waals surface area (Å²) >= 11 is 0. The number of benzene rings is 3. The van der Waals surface area contributed by atoms with Crippen molar-refractivity contribution in [3.8, 4) is 11.8 Å². The van der Waals surface area contributed by atoms with Crippen LogP contribution in [0.3, 0.4) is 0 Å². The molecular formula is C28H29NO. The maximum atomic E-state index is 12.0. The highest BCUT2D eigenvalue weighted by Crippen LogP contribution is 2.46. The summed E-state index contributed by atoms with van der Waals surface area (Å²) in [6.45, 7) is 4.36. The molecule has 0 spiro atoms. The number of rotatable bonds is 3. The zero-order valence-electron chi connectivity index (χ0n) is 17.6. The standard InChI is InChI=1S/C28H29NO/c1-21(2)26-27(24-16-10-5-11-17-24)29-25(23-14-8-4-9-15-23)20-28(26,30)19-18-22-12-6-3-7-13-22/h3-17,21,25-27,29-30H,20H2,1-2H3/t25-,26+,27+,28+/m0/s1. The van der Waals surface area contributed by atoms with E-state index in [2.05, 4.69) is 79.5 Å². The number of aliphatic hydroxyl groups is 1. The van der Waals surface area contributed by atoms with Gasteiger partial charge in [-0.25, -0.2) is 0 Å². The lowest BCUT2D eigenvalue weighted by molar-refractivity contribution is -0.0478. The van der Waals surface area contributed by atoms with Crippen LogP contribution in [-0.4, -0.2) is 10.7 Å². The van der Waals surface area contributed by atoms with Crippen molar-refractivity contribution in [2.75, 3.05) is 0 Å². The van der Waals surface area contributed by atoms with Crippen LogP contribution in [0.1, 0.15) is 49.0 Å². The molecule has 0 saturated carbocycles. The maximum absolute atomic E-state index is 12.0. The van der Waals surface area contributed by atoms with E-state index >= 15 is 0 Å². The molecule has 0 radical (unpaired) electrons. The molecule has 1 fully saturated rings. The summed E-state index contributed by atoms with van der Waals surface area (Å²) in [5, 5.41) is 15.9. The van der Waals surface area contributed by atoms with Crippen LogP contribution in [0, 0.1) is 23.7 Å². The third-order valence-corrected chi connectivity index (χ3v) is 6.08. The molecular weight excluding hydrogens is 366 g/mol. The second-order valence-corrected chi connectivity index (χ2v) is 8.53. The second kappa shape index (κ2) is 8.88. The van der Waals surface area contributed by atoms with Gasteiger partial charge in [-0.05, 0) is 29.2 Å². The van der Waals surface area contributed by atoms with Crippen LogP contribution < -0.4 is 5.32 Å². The predicted molar refractivity (Wildman–Crippen MR) is 123 cm³/mol. The summed E-state index contributed by atoms with van der Waals surface area (Å²) in [7, 11) is 0. The molecule has 3 aromatic carbocycles. The highest BCUT2D eigenvalue weighted by Gasteiger charge is 2.48. The largest absolute Gasteiger partial charge is 0.377 e. The molecule has 0 amide bonds. The Balaban J connectivity index is 1.79. The monoisotopic (exact) mass is 395 g/mol. The predicted octanol–water partition coefficient (Wildman–Crippen LogP) is 5.52. The van der Waals surface area contributed by atoms with Crippen LogP contribution in [0.15, 0.2) is 91.0 Å². The van der Waals surface area contributed by atoms with E-state index in [0.717, 1.165) is 5.56 Å². The zero-order chi connectivity index (χ0) is 21.0. The van der Waals surface area contributed by atoms with Crippen LogP contribution in [0.4, 0.5) is 0 Å². The third kappa shape index (κ3) is 4.33. The Morgan fingerprint density at radius 1 is 0.833 bits per heavy atom. The number of hydrogen-bond acceptors (Lipinski definition) is 2. The fourth-order valence-corrected chi connectivity index (χ4v) is 4.74. The van der Waals surface area contributed by atoms with Gasteiger partial charge in [-0.3, -0.25) is 0 Å². The summed E-state index contributed by atoms with van der Waals surface area (Å²) in [5.41, 5.74) is 2.20. The normalized spacial score (nSPS) is 26.1. The summed E-state index contributed by atoms with van der Waals surface area (Å²) in [5.74, 6) is 6.79. The van der Waals surface area contributed by atoms with Crippen molar-refractivity contribution in [1.29, 1.82) is 0 Å². The van der Waals surface area contributed by atoms with E-state index in [9.17, 15) is 5.11 Å². The number of hydrogen-bond donors (Lipinski definition) is 2. The zero-order valence-corrected chi connectivity index (χ0v) is 17.6. The fourth-order valence-electron chi connectivity index (χ4n) is 4.74. The van der Waals surface area contributed by atoms with E-state index < -0.39 is 5.60 Å². The lowest BCUT2D eigenvalue weighted by Crippen LogP contribution is -2.54. The highest BCUT2D eigenvalue weighted by atomic mass is 16.3. The van der Waals surface area contributed by atoms with Gasteiger partial charge in [0.2, 0.25) is 0 Å². The molecule has 1 aliphatic heterocycles. The highest BCUT2D eigenvalue weighted by molar-refractivity contribution is 5.38. The van der Waals surface area contributed by atoms with Crippen molar-refractivity contribution in [2.45, 2.75) is 38.0 Å². The van der Waals surface area contributed by atoms with Crippen LogP contribution in [0.5, 0.6) is 0 Å². The lowest BCUT2D eigenvalue weighted by atomic mass is 9.67. The second-order valence-electron chi connectivity index (χ2n) is 8.53. The van der Waals surface area contributed by atoms with E-state index in [1.165, 1.54) is 11.1 Å². The van der Waals surface area contributed by atoms with Crippen molar-refractivity contribution < 1.29 is 5.11 Å². The SMILES string of the molecule is CC(C)[C@@H]1[C@@H](c2ccccc2)N[C@H](c2ccccc2)C[C@]1(O)C#Cc1ccccc1. The van der Waals surface area contributed by atoms with Gasteiger partial charge in [0.15, 0.2) is 0 Å². The van der Waals surface area contributed by atoms with Gasteiger partial charge in [0.1, 0.15) is 5.60 Å². The Morgan fingerprint density at radius 3 is 1.93 bits per heavy atom. The minimum atomic E-state index is -1.10. The van der Waals surface area contributed by atoms with E-state index in [1.54, 1.807) is 0 Å². The Labute approximate surface area is 180 Å². The van der Waals surface area contributed by atoms with Gasteiger partial charge in [0.25, 0.3) is 0 Å². The molecule has 0 aromatic heterocycles. The number of piperidine rings is 1. The molecule has 1 aliphatic rings. The van der Waals surface area contributed by atoms with Crippen molar-refractivity contribution >= 4 is 0 Å². The van der Waals surface area contributed by atoms with Gasteiger partial charge in [-0.1, -0.05) is 105 Å². The van der Waals surface area contributed by atoms with Gasteiger partial charge < -0.3 is 10.4 Å². The van der Waals surface area contributed by atoms with Crippen molar-refractivity contribution in [3.63, 3.8) is 0 Å². The van der Waals surface area contributed by atoms with E-state index in [1.807, 2.05) is 42.5 Å². The first-order chi connectivity index (χ1) is 14.6. The van der Waals surface area contributed by atoms with Crippen LogP contribution in [-0.2, 0) is 0 Å². The first-order valence-electron chi connectivity index (χ1n) is 10.7. The molecule has 0 unspecified atom stereocenters. The van der Waals surface area contributed by atoms with Gasteiger partial charge in [-0.2, -0.15) is 0 Å². The molecule has 0 aliphatic carbocycles. The lowest BCUT2D eigenvalue weighted by Gasteiger charge is -2.48. The summed E-state index contributed by atoms with van der Waals surface area (Å²) in [6, 6.07) is 30.8. The topological polar surface area (TPSA) is 32.3 Å².